The van der Waals surface area contributed by atoms with Gasteiger partial charge in [-0.3, -0.25) is 4.79 Å². The van der Waals surface area contributed by atoms with Crippen LogP contribution in [0, 0.1) is 5.92 Å². The minimum atomic E-state index is -0.510. The summed E-state index contributed by atoms with van der Waals surface area (Å²) in [6.07, 6.45) is 1.76. The van der Waals surface area contributed by atoms with Gasteiger partial charge in [0.2, 0.25) is 5.91 Å². The van der Waals surface area contributed by atoms with Crippen molar-refractivity contribution in [2.24, 2.45) is 11.7 Å². The van der Waals surface area contributed by atoms with E-state index in [1.54, 1.807) is 6.20 Å². The lowest BCUT2D eigenvalue weighted by Crippen LogP contribution is -2.39. The number of rotatable bonds is 4. The standard InChI is InChI=1S/C14H17N3OS/c1-9(2)12(15)13(18)17-14-16-8-11(19-14)10-6-4-3-5-7-10/h3-9,12H,15H2,1-2H3,(H,16,17,18)/t12-/m0/s1. The number of amides is 1. The van der Waals surface area contributed by atoms with E-state index in [0.717, 1.165) is 10.4 Å². The van der Waals surface area contributed by atoms with E-state index in [9.17, 15) is 4.79 Å². The monoisotopic (exact) mass is 275 g/mol. The molecule has 1 aromatic carbocycles. The highest BCUT2D eigenvalue weighted by atomic mass is 32.1. The van der Waals surface area contributed by atoms with Gasteiger partial charge in [-0.25, -0.2) is 4.98 Å². The van der Waals surface area contributed by atoms with E-state index in [2.05, 4.69) is 10.3 Å². The van der Waals surface area contributed by atoms with E-state index >= 15 is 0 Å². The van der Waals surface area contributed by atoms with E-state index in [1.165, 1.54) is 11.3 Å². The maximum atomic E-state index is 11.8. The number of thiazole rings is 1. The Balaban J connectivity index is 2.08. The van der Waals surface area contributed by atoms with Crippen molar-refractivity contribution in [3.63, 3.8) is 0 Å². The minimum Gasteiger partial charge on any atom is -0.320 e. The molecule has 0 radical (unpaired) electrons. The van der Waals surface area contributed by atoms with Crippen LogP contribution in [-0.2, 0) is 4.79 Å². The van der Waals surface area contributed by atoms with E-state index in [0.29, 0.717) is 5.13 Å². The Kier molecular flexibility index (Phi) is 4.29. The lowest BCUT2D eigenvalue weighted by molar-refractivity contribution is -0.118. The molecular formula is C14H17N3OS. The second kappa shape index (κ2) is 5.95. The van der Waals surface area contributed by atoms with Crippen molar-refractivity contribution in [3.8, 4) is 10.4 Å². The van der Waals surface area contributed by atoms with Gasteiger partial charge in [0, 0.05) is 6.20 Å². The number of benzene rings is 1. The summed E-state index contributed by atoms with van der Waals surface area (Å²) < 4.78 is 0. The van der Waals surface area contributed by atoms with Crippen molar-refractivity contribution < 1.29 is 4.79 Å². The van der Waals surface area contributed by atoms with Crippen LogP contribution in [0.1, 0.15) is 13.8 Å². The molecule has 3 N–H and O–H groups in total. The molecule has 0 aliphatic carbocycles. The highest BCUT2D eigenvalue weighted by Crippen LogP contribution is 2.28. The number of nitrogens with zero attached hydrogens (tertiary/aromatic N) is 1. The fourth-order valence-corrected chi connectivity index (χ4v) is 2.38. The number of carbonyl (C=O) groups excluding carboxylic acids is 1. The summed E-state index contributed by atoms with van der Waals surface area (Å²) in [6, 6.07) is 9.43. The first kappa shape index (κ1) is 13.7. The van der Waals surface area contributed by atoms with Gasteiger partial charge < -0.3 is 11.1 Å². The molecule has 0 aliphatic rings. The number of nitrogens with one attached hydrogen (secondary N) is 1. The van der Waals surface area contributed by atoms with Gasteiger partial charge in [0.05, 0.1) is 10.9 Å². The molecule has 1 heterocycles. The lowest BCUT2D eigenvalue weighted by atomic mass is 10.1. The smallest absolute Gasteiger partial charge is 0.243 e. The SMILES string of the molecule is CC(C)[C@H](N)C(=O)Nc1ncc(-c2ccccc2)s1. The van der Waals surface area contributed by atoms with Crippen LogP contribution in [0.25, 0.3) is 10.4 Å². The third-order valence-corrected chi connectivity index (χ3v) is 3.78. The first-order valence-corrected chi connectivity index (χ1v) is 6.97. The fourth-order valence-electron chi connectivity index (χ4n) is 1.56. The van der Waals surface area contributed by atoms with Crippen molar-refractivity contribution in [2.75, 3.05) is 5.32 Å². The van der Waals surface area contributed by atoms with Crippen LogP contribution in [0.4, 0.5) is 5.13 Å². The van der Waals surface area contributed by atoms with Crippen LogP contribution in [0.2, 0.25) is 0 Å². The second-order valence-corrected chi connectivity index (χ2v) is 5.69. The number of hydrogen-bond acceptors (Lipinski definition) is 4. The number of hydrogen-bond donors (Lipinski definition) is 2. The zero-order valence-electron chi connectivity index (χ0n) is 11.0. The molecule has 1 aromatic heterocycles. The van der Waals surface area contributed by atoms with E-state index in [4.69, 9.17) is 5.73 Å². The van der Waals surface area contributed by atoms with Crippen molar-refractivity contribution in [2.45, 2.75) is 19.9 Å². The average molecular weight is 275 g/mol. The first-order valence-electron chi connectivity index (χ1n) is 6.15. The molecule has 0 fully saturated rings. The van der Waals surface area contributed by atoms with Gasteiger partial charge in [0.1, 0.15) is 0 Å². The Bertz CT molecular complexity index is 551. The molecule has 19 heavy (non-hydrogen) atoms. The van der Waals surface area contributed by atoms with Crippen LogP contribution < -0.4 is 11.1 Å². The zero-order valence-corrected chi connectivity index (χ0v) is 11.8. The molecule has 2 aromatic rings. The summed E-state index contributed by atoms with van der Waals surface area (Å²) in [5, 5.41) is 3.34. The molecule has 100 valence electrons. The quantitative estimate of drug-likeness (QED) is 0.901. The normalized spacial score (nSPS) is 12.4. The summed E-state index contributed by atoms with van der Waals surface area (Å²) >= 11 is 1.44. The zero-order chi connectivity index (χ0) is 13.8. The van der Waals surface area contributed by atoms with Crippen molar-refractivity contribution in [1.82, 2.24) is 4.98 Å². The van der Waals surface area contributed by atoms with Gasteiger partial charge in [-0.1, -0.05) is 55.5 Å². The number of nitrogens with two attached hydrogens (primary N) is 1. The summed E-state index contributed by atoms with van der Waals surface area (Å²) in [4.78, 5) is 17.1. The second-order valence-electron chi connectivity index (χ2n) is 4.65. The minimum absolute atomic E-state index is 0.105. The molecule has 5 heteroatoms. The van der Waals surface area contributed by atoms with Gasteiger partial charge in [0.15, 0.2) is 5.13 Å². The fraction of sp³-hybridized carbons (Fsp3) is 0.286. The van der Waals surface area contributed by atoms with Gasteiger partial charge >= 0.3 is 0 Å². The third kappa shape index (κ3) is 3.39. The highest BCUT2D eigenvalue weighted by molar-refractivity contribution is 7.19. The van der Waals surface area contributed by atoms with Crippen molar-refractivity contribution in [1.29, 1.82) is 0 Å². The van der Waals surface area contributed by atoms with Crippen molar-refractivity contribution in [3.05, 3.63) is 36.5 Å². The Morgan fingerprint density at radius 3 is 2.63 bits per heavy atom. The molecule has 0 saturated heterocycles. The van der Waals surface area contributed by atoms with Gasteiger partial charge in [-0.15, -0.1) is 0 Å². The van der Waals surface area contributed by atoms with Gasteiger partial charge in [-0.05, 0) is 11.5 Å². The Labute approximate surface area is 116 Å². The predicted molar refractivity (Wildman–Crippen MR) is 79.0 cm³/mol. The van der Waals surface area contributed by atoms with Crippen LogP contribution in [0.5, 0.6) is 0 Å². The molecule has 0 aliphatic heterocycles. The van der Waals surface area contributed by atoms with Crippen LogP contribution in [-0.4, -0.2) is 16.9 Å². The highest BCUT2D eigenvalue weighted by Gasteiger charge is 2.18. The topological polar surface area (TPSA) is 68.0 Å². The molecule has 0 spiro atoms. The summed E-state index contributed by atoms with van der Waals surface area (Å²) in [7, 11) is 0. The van der Waals surface area contributed by atoms with Gasteiger partial charge in [-0.2, -0.15) is 0 Å². The number of anilines is 1. The largest absolute Gasteiger partial charge is 0.320 e. The molecule has 4 nitrogen and oxygen atoms in total. The maximum absolute atomic E-state index is 11.8. The van der Waals surface area contributed by atoms with E-state index in [-0.39, 0.29) is 11.8 Å². The van der Waals surface area contributed by atoms with Crippen molar-refractivity contribution >= 4 is 22.4 Å². The van der Waals surface area contributed by atoms with Crippen LogP contribution >= 0.6 is 11.3 Å². The number of aromatic nitrogens is 1. The molecule has 1 amide bonds. The average Bonchev–Trinajstić information content (AvgIpc) is 2.87. The molecule has 0 saturated carbocycles. The summed E-state index contributed by atoms with van der Waals surface area (Å²) in [6.45, 7) is 3.84. The summed E-state index contributed by atoms with van der Waals surface area (Å²) in [5.74, 6) is -0.0856. The number of carbonyl (C=O) groups is 1. The molecule has 1 atom stereocenters. The summed E-state index contributed by atoms with van der Waals surface area (Å²) in [5.41, 5.74) is 6.88. The van der Waals surface area contributed by atoms with Crippen LogP contribution in [0.15, 0.2) is 36.5 Å². The Morgan fingerprint density at radius 1 is 1.32 bits per heavy atom. The van der Waals surface area contributed by atoms with Crippen LogP contribution in [0.3, 0.4) is 0 Å². The van der Waals surface area contributed by atoms with E-state index < -0.39 is 6.04 Å². The van der Waals surface area contributed by atoms with E-state index in [1.807, 2.05) is 44.2 Å². The Hall–Kier alpha value is -1.72. The van der Waals surface area contributed by atoms with Gasteiger partial charge in [0.25, 0.3) is 0 Å². The first-order chi connectivity index (χ1) is 9.08. The molecular weight excluding hydrogens is 258 g/mol. The maximum Gasteiger partial charge on any atom is 0.243 e. The molecule has 0 unspecified atom stereocenters. The Morgan fingerprint density at radius 2 is 2.00 bits per heavy atom. The third-order valence-electron chi connectivity index (χ3n) is 2.82. The molecule has 2 rings (SSSR count). The lowest BCUT2D eigenvalue weighted by Gasteiger charge is -2.13. The molecule has 0 bridgehead atoms. The predicted octanol–water partition coefficient (Wildman–Crippen LogP) is 2.73.